The molecule has 1 aromatic carbocycles. The summed E-state index contributed by atoms with van der Waals surface area (Å²) in [4.78, 5) is 0.0428. The molecule has 0 saturated heterocycles. The van der Waals surface area contributed by atoms with E-state index < -0.39 is 10.0 Å². The van der Waals surface area contributed by atoms with E-state index in [4.69, 9.17) is 5.73 Å². The topological polar surface area (TPSA) is 98.0 Å². The van der Waals surface area contributed by atoms with Crippen LogP contribution in [0.5, 0.6) is 0 Å². The first kappa shape index (κ1) is 13.3. The molecule has 3 N–H and O–H groups in total. The Labute approximate surface area is 111 Å². The summed E-state index contributed by atoms with van der Waals surface area (Å²) in [5.41, 5.74) is 7.78. The SMILES string of the molecule is Cc1cc(N)c(S(=O)(=O)Nc2cccnn2)cc1C. The number of aromatic nitrogens is 2. The fourth-order valence-corrected chi connectivity index (χ4v) is 2.79. The number of hydrogen-bond donors (Lipinski definition) is 2. The van der Waals surface area contributed by atoms with Gasteiger partial charge in [-0.05, 0) is 49.2 Å². The van der Waals surface area contributed by atoms with Gasteiger partial charge in [0.2, 0.25) is 0 Å². The molecule has 0 unspecified atom stereocenters. The number of sulfonamides is 1. The van der Waals surface area contributed by atoms with Crippen LogP contribution in [0.3, 0.4) is 0 Å². The highest BCUT2D eigenvalue weighted by atomic mass is 32.2. The molecule has 100 valence electrons. The van der Waals surface area contributed by atoms with Crippen LogP contribution >= 0.6 is 0 Å². The second-order valence-corrected chi connectivity index (χ2v) is 5.84. The molecule has 0 saturated carbocycles. The molecule has 2 aromatic rings. The van der Waals surface area contributed by atoms with Crippen LogP contribution in [-0.2, 0) is 10.0 Å². The van der Waals surface area contributed by atoms with Crippen molar-refractivity contribution in [3.63, 3.8) is 0 Å². The number of hydrogen-bond acceptors (Lipinski definition) is 5. The van der Waals surface area contributed by atoms with Crippen molar-refractivity contribution in [1.82, 2.24) is 10.2 Å². The Kier molecular flexibility index (Phi) is 3.39. The molecule has 6 nitrogen and oxygen atoms in total. The molecule has 0 aliphatic carbocycles. The Morgan fingerprint density at radius 1 is 1.21 bits per heavy atom. The lowest BCUT2D eigenvalue weighted by Crippen LogP contribution is -2.16. The van der Waals surface area contributed by atoms with Crippen LogP contribution in [0.25, 0.3) is 0 Å². The van der Waals surface area contributed by atoms with Gasteiger partial charge in [0.25, 0.3) is 10.0 Å². The van der Waals surface area contributed by atoms with Gasteiger partial charge in [0.05, 0.1) is 5.69 Å². The second kappa shape index (κ2) is 4.85. The molecule has 1 heterocycles. The maximum absolute atomic E-state index is 12.2. The zero-order valence-corrected chi connectivity index (χ0v) is 11.4. The van der Waals surface area contributed by atoms with E-state index in [9.17, 15) is 8.42 Å². The zero-order valence-electron chi connectivity index (χ0n) is 10.6. The number of anilines is 2. The van der Waals surface area contributed by atoms with Gasteiger partial charge in [0, 0.05) is 6.20 Å². The average molecular weight is 278 g/mol. The minimum Gasteiger partial charge on any atom is -0.398 e. The summed E-state index contributed by atoms with van der Waals surface area (Å²) in [6.45, 7) is 3.70. The average Bonchev–Trinajstić information content (AvgIpc) is 2.34. The third-order valence-electron chi connectivity index (χ3n) is 2.73. The zero-order chi connectivity index (χ0) is 14.0. The van der Waals surface area contributed by atoms with Gasteiger partial charge in [-0.1, -0.05) is 0 Å². The summed E-state index contributed by atoms with van der Waals surface area (Å²) < 4.78 is 26.8. The molecule has 1 aromatic heterocycles. The number of nitrogens with zero attached hydrogens (tertiary/aromatic N) is 2. The van der Waals surface area contributed by atoms with E-state index in [1.54, 1.807) is 18.2 Å². The normalized spacial score (nSPS) is 11.3. The fourth-order valence-electron chi connectivity index (χ4n) is 1.59. The van der Waals surface area contributed by atoms with Gasteiger partial charge in [-0.3, -0.25) is 4.72 Å². The molecular weight excluding hydrogens is 264 g/mol. The van der Waals surface area contributed by atoms with Crippen molar-refractivity contribution in [2.24, 2.45) is 0 Å². The van der Waals surface area contributed by atoms with Crippen molar-refractivity contribution in [2.75, 3.05) is 10.5 Å². The summed E-state index contributed by atoms with van der Waals surface area (Å²) in [6.07, 6.45) is 1.46. The van der Waals surface area contributed by atoms with Crippen LogP contribution in [0, 0.1) is 13.8 Å². The Bertz CT molecular complexity index is 699. The third kappa shape index (κ3) is 2.82. The van der Waals surface area contributed by atoms with Crippen LogP contribution in [0.1, 0.15) is 11.1 Å². The lowest BCUT2D eigenvalue weighted by Gasteiger charge is -2.11. The van der Waals surface area contributed by atoms with Crippen molar-refractivity contribution in [3.8, 4) is 0 Å². The Hall–Kier alpha value is -2.15. The molecule has 0 aliphatic rings. The van der Waals surface area contributed by atoms with Crippen LogP contribution < -0.4 is 10.5 Å². The van der Waals surface area contributed by atoms with E-state index in [2.05, 4.69) is 14.9 Å². The van der Waals surface area contributed by atoms with E-state index in [-0.39, 0.29) is 16.4 Å². The summed E-state index contributed by atoms with van der Waals surface area (Å²) in [7, 11) is -3.76. The summed E-state index contributed by atoms with van der Waals surface area (Å²) in [5, 5.41) is 7.29. The number of aryl methyl sites for hydroxylation is 2. The number of rotatable bonds is 3. The first-order valence-electron chi connectivity index (χ1n) is 5.57. The number of nitrogens with one attached hydrogen (secondary N) is 1. The smallest absolute Gasteiger partial charge is 0.265 e. The minimum atomic E-state index is -3.76. The van der Waals surface area contributed by atoms with Crippen LogP contribution in [0.15, 0.2) is 35.4 Å². The largest absolute Gasteiger partial charge is 0.398 e. The van der Waals surface area contributed by atoms with Gasteiger partial charge < -0.3 is 5.73 Å². The van der Waals surface area contributed by atoms with Crippen molar-refractivity contribution in [3.05, 3.63) is 41.6 Å². The van der Waals surface area contributed by atoms with Gasteiger partial charge in [0.15, 0.2) is 5.82 Å². The van der Waals surface area contributed by atoms with Crippen molar-refractivity contribution >= 4 is 21.5 Å². The lowest BCUT2D eigenvalue weighted by molar-refractivity contribution is 0.601. The summed E-state index contributed by atoms with van der Waals surface area (Å²) in [6, 6.07) is 6.29. The van der Waals surface area contributed by atoms with Gasteiger partial charge in [-0.15, -0.1) is 5.10 Å². The van der Waals surface area contributed by atoms with E-state index in [0.717, 1.165) is 11.1 Å². The maximum Gasteiger partial charge on any atom is 0.265 e. The van der Waals surface area contributed by atoms with E-state index in [0.29, 0.717) is 0 Å². The van der Waals surface area contributed by atoms with Crippen molar-refractivity contribution < 1.29 is 8.42 Å². The second-order valence-electron chi connectivity index (χ2n) is 4.19. The molecule has 0 spiro atoms. The minimum absolute atomic E-state index is 0.0428. The summed E-state index contributed by atoms with van der Waals surface area (Å²) >= 11 is 0. The van der Waals surface area contributed by atoms with Gasteiger partial charge in [0.1, 0.15) is 4.90 Å². The van der Waals surface area contributed by atoms with Crippen LogP contribution in [0.4, 0.5) is 11.5 Å². The number of nitrogen functional groups attached to an aromatic ring is 1. The predicted molar refractivity (Wildman–Crippen MR) is 73.2 cm³/mol. The van der Waals surface area contributed by atoms with Gasteiger partial charge in [-0.25, -0.2) is 8.42 Å². The molecule has 0 amide bonds. The Balaban J connectivity index is 2.43. The molecule has 0 fully saturated rings. The molecule has 0 atom stereocenters. The highest BCUT2D eigenvalue weighted by Gasteiger charge is 2.19. The summed E-state index contributed by atoms with van der Waals surface area (Å²) in [5.74, 6) is 0.153. The van der Waals surface area contributed by atoms with Crippen LogP contribution in [-0.4, -0.2) is 18.6 Å². The Morgan fingerprint density at radius 2 is 1.89 bits per heavy atom. The number of nitrogens with two attached hydrogens (primary N) is 1. The van der Waals surface area contributed by atoms with Crippen molar-refractivity contribution in [2.45, 2.75) is 18.7 Å². The van der Waals surface area contributed by atoms with Gasteiger partial charge >= 0.3 is 0 Å². The van der Waals surface area contributed by atoms with Crippen molar-refractivity contribution in [1.29, 1.82) is 0 Å². The van der Waals surface area contributed by atoms with Crippen LogP contribution in [0.2, 0.25) is 0 Å². The fraction of sp³-hybridized carbons (Fsp3) is 0.167. The molecule has 0 aliphatic heterocycles. The third-order valence-corrected chi connectivity index (χ3v) is 4.14. The van der Waals surface area contributed by atoms with E-state index in [1.807, 2.05) is 13.8 Å². The highest BCUT2D eigenvalue weighted by Crippen LogP contribution is 2.24. The molecule has 19 heavy (non-hydrogen) atoms. The molecule has 0 bridgehead atoms. The standard InChI is InChI=1S/C12H14N4O2S/c1-8-6-10(13)11(7-9(8)2)19(17,18)16-12-4-3-5-14-15-12/h3-7H,13H2,1-2H3,(H,15,16). The van der Waals surface area contributed by atoms with Gasteiger partial charge in [-0.2, -0.15) is 5.10 Å². The predicted octanol–water partition coefficient (Wildman–Crippen LogP) is 1.48. The Morgan fingerprint density at radius 3 is 2.53 bits per heavy atom. The maximum atomic E-state index is 12.2. The monoisotopic (exact) mass is 278 g/mol. The molecule has 0 radical (unpaired) electrons. The van der Waals surface area contributed by atoms with E-state index in [1.165, 1.54) is 12.3 Å². The molecule has 7 heteroatoms. The first-order chi connectivity index (χ1) is 8.90. The first-order valence-corrected chi connectivity index (χ1v) is 7.06. The highest BCUT2D eigenvalue weighted by molar-refractivity contribution is 7.92. The molecular formula is C12H14N4O2S. The van der Waals surface area contributed by atoms with E-state index >= 15 is 0 Å². The number of benzene rings is 1. The molecule has 2 rings (SSSR count). The quantitative estimate of drug-likeness (QED) is 0.829. The lowest BCUT2D eigenvalue weighted by atomic mass is 10.1.